The normalized spacial score (nSPS) is 12.2. The number of hydrogen-bond donors (Lipinski definition) is 1. The molecule has 0 heterocycles. The Morgan fingerprint density at radius 2 is 1.64 bits per heavy atom. The summed E-state index contributed by atoms with van der Waals surface area (Å²) in [6, 6.07) is 7.43. The van der Waals surface area contributed by atoms with Crippen LogP contribution >= 0.6 is 0 Å². The van der Waals surface area contributed by atoms with Crippen molar-refractivity contribution in [3.8, 4) is 0 Å². The van der Waals surface area contributed by atoms with Crippen LogP contribution in [0.15, 0.2) is 30.3 Å². The van der Waals surface area contributed by atoms with Crippen LogP contribution in [0.1, 0.15) is 45.0 Å². The first kappa shape index (κ1) is 20.5. The number of ether oxygens (including phenoxy) is 3. The summed E-state index contributed by atoms with van der Waals surface area (Å²) in [4.78, 5) is 35.7. The molecule has 1 unspecified atom stereocenters. The average molecular weight is 351 g/mol. The SMILES string of the molecule is CC(C)C(NC(=O)OC(C)(C)C)C(=O)OCOC(=O)c1ccccc1. The Labute approximate surface area is 147 Å². The molecule has 0 fully saturated rings. The highest BCUT2D eigenvalue weighted by Crippen LogP contribution is 2.10. The third-order valence-corrected chi connectivity index (χ3v) is 2.99. The van der Waals surface area contributed by atoms with Crippen LogP contribution in [-0.2, 0) is 19.0 Å². The number of amides is 1. The van der Waals surface area contributed by atoms with Gasteiger partial charge in [-0.25, -0.2) is 14.4 Å². The van der Waals surface area contributed by atoms with Crippen LogP contribution in [0.4, 0.5) is 4.79 Å². The average Bonchev–Trinajstić information content (AvgIpc) is 2.51. The highest BCUT2D eigenvalue weighted by molar-refractivity contribution is 5.89. The van der Waals surface area contributed by atoms with Gasteiger partial charge in [0.05, 0.1) is 5.56 Å². The van der Waals surface area contributed by atoms with Crippen LogP contribution in [0.2, 0.25) is 0 Å². The van der Waals surface area contributed by atoms with Gasteiger partial charge in [-0.2, -0.15) is 0 Å². The number of hydrogen-bond acceptors (Lipinski definition) is 6. The Hall–Kier alpha value is -2.57. The lowest BCUT2D eigenvalue weighted by Crippen LogP contribution is -2.47. The Kier molecular flexibility index (Phi) is 7.42. The molecular weight excluding hydrogens is 326 g/mol. The van der Waals surface area contributed by atoms with Gasteiger partial charge in [0, 0.05) is 0 Å². The molecule has 0 bridgehead atoms. The zero-order valence-electron chi connectivity index (χ0n) is 15.2. The zero-order chi connectivity index (χ0) is 19.0. The molecule has 7 heteroatoms. The van der Waals surface area contributed by atoms with Crippen molar-refractivity contribution in [1.29, 1.82) is 0 Å². The topological polar surface area (TPSA) is 90.9 Å². The second kappa shape index (κ2) is 9.05. The van der Waals surface area contributed by atoms with E-state index in [0.717, 1.165) is 0 Å². The molecule has 1 atom stereocenters. The van der Waals surface area contributed by atoms with E-state index in [1.165, 1.54) is 0 Å². The van der Waals surface area contributed by atoms with E-state index in [2.05, 4.69) is 5.32 Å². The first-order valence-electron chi connectivity index (χ1n) is 7.98. The molecule has 0 spiro atoms. The summed E-state index contributed by atoms with van der Waals surface area (Å²) in [5, 5.41) is 2.47. The third-order valence-electron chi connectivity index (χ3n) is 2.99. The minimum Gasteiger partial charge on any atom is -0.444 e. The van der Waals surface area contributed by atoms with E-state index in [9.17, 15) is 14.4 Å². The molecule has 1 aromatic rings. The van der Waals surface area contributed by atoms with Crippen molar-refractivity contribution in [1.82, 2.24) is 5.32 Å². The number of benzene rings is 1. The summed E-state index contributed by atoms with van der Waals surface area (Å²) in [6.45, 7) is 8.12. The van der Waals surface area contributed by atoms with E-state index in [0.29, 0.717) is 5.56 Å². The smallest absolute Gasteiger partial charge is 0.408 e. The van der Waals surface area contributed by atoms with E-state index < -0.39 is 36.5 Å². The van der Waals surface area contributed by atoms with Gasteiger partial charge in [-0.05, 0) is 38.8 Å². The van der Waals surface area contributed by atoms with Crippen LogP contribution in [0, 0.1) is 5.92 Å². The number of rotatable bonds is 6. The monoisotopic (exact) mass is 351 g/mol. The standard InChI is InChI=1S/C18H25NO6/c1-12(2)14(19-17(22)25-18(3,4)5)16(21)24-11-23-15(20)13-9-7-6-8-10-13/h6-10,12,14H,11H2,1-5H3,(H,19,22). The van der Waals surface area contributed by atoms with Gasteiger partial charge in [-0.15, -0.1) is 0 Å². The van der Waals surface area contributed by atoms with Crippen molar-refractivity contribution in [2.45, 2.75) is 46.3 Å². The Balaban J connectivity index is 2.51. The van der Waals surface area contributed by atoms with Crippen molar-refractivity contribution >= 4 is 18.0 Å². The molecule has 1 rings (SSSR count). The molecule has 7 nitrogen and oxygen atoms in total. The van der Waals surface area contributed by atoms with Crippen molar-refractivity contribution in [2.75, 3.05) is 6.79 Å². The minimum atomic E-state index is -0.912. The maximum atomic E-state index is 12.1. The maximum Gasteiger partial charge on any atom is 0.408 e. The maximum absolute atomic E-state index is 12.1. The fourth-order valence-electron chi connectivity index (χ4n) is 1.82. The Morgan fingerprint density at radius 1 is 1.04 bits per heavy atom. The predicted octanol–water partition coefficient (Wildman–Crippen LogP) is 2.89. The van der Waals surface area contributed by atoms with Gasteiger partial charge >= 0.3 is 18.0 Å². The largest absolute Gasteiger partial charge is 0.444 e. The summed E-state index contributed by atoms with van der Waals surface area (Å²) in [5.41, 5.74) is -0.327. The highest BCUT2D eigenvalue weighted by atomic mass is 16.7. The van der Waals surface area contributed by atoms with Crippen molar-refractivity contribution in [3.63, 3.8) is 0 Å². The second-order valence-corrected chi connectivity index (χ2v) is 6.75. The van der Waals surface area contributed by atoms with E-state index in [1.54, 1.807) is 65.0 Å². The highest BCUT2D eigenvalue weighted by Gasteiger charge is 2.28. The van der Waals surface area contributed by atoms with Gasteiger partial charge in [0.2, 0.25) is 6.79 Å². The van der Waals surface area contributed by atoms with Crippen LogP contribution in [0.25, 0.3) is 0 Å². The molecule has 0 aromatic heterocycles. The molecule has 1 N–H and O–H groups in total. The molecule has 0 saturated carbocycles. The molecule has 25 heavy (non-hydrogen) atoms. The molecule has 1 aromatic carbocycles. The van der Waals surface area contributed by atoms with Gasteiger partial charge in [0.1, 0.15) is 11.6 Å². The lowest BCUT2D eigenvalue weighted by atomic mass is 10.1. The van der Waals surface area contributed by atoms with Gasteiger partial charge in [0.25, 0.3) is 0 Å². The number of carbonyl (C=O) groups is 3. The number of carbonyl (C=O) groups excluding carboxylic acids is 3. The first-order valence-corrected chi connectivity index (χ1v) is 7.98. The van der Waals surface area contributed by atoms with Crippen LogP contribution in [-0.4, -0.2) is 36.5 Å². The van der Waals surface area contributed by atoms with Gasteiger partial charge in [-0.1, -0.05) is 32.0 Å². The molecule has 1 amide bonds. The first-order chi connectivity index (χ1) is 11.6. The summed E-state index contributed by atoms with van der Waals surface area (Å²) < 4.78 is 15.0. The molecular formula is C18H25NO6. The Bertz CT molecular complexity index is 591. The van der Waals surface area contributed by atoms with Gasteiger partial charge in [0.15, 0.2) is 0 Å². The van der Waals surface area contributed by atoms with Crippen LogP contribution in [0.3, 0.4) is 0 Å². The molecule has 0 saturated heterocycles. The lowest BCUT2D eigenvalue weighted by molar-refractivity contribution is -0.155. The van der Waals surface area contributed by atoms with E-state index in [-0.39, 0.29) is 5.92 Å². The molecule has 0 radical (unpaired) electrons. The lowest BCUT2D eigenvalue weighted by Gasteiger charge is -2.24. The molecule has 0 aliphatic carbocycles. The van der Waals surface area contributed by atoms with Gasteiger partial charge in [-0.3, -0.25) is 0 Å². The summed E-state index contributed by atoms with van der Waals surface area (Å²) in [6.07, 6.45) is -0.718. The quantitative estimate of drug-likeness (QED) is 0.626. The summed E-state index contributed by atoms with van der Waals surface area (Å²) >= 11 is 0. The van der Waals surface area contributed by atoms with Gasteiger partial charge < -0.3 is 19.5 Å². The number of alkyl carbamates (subject to hydrolysis) is 1. The molecule has 138 valence electrons. The minimum absolute atomic E-state index is 0.232. The van der Waals surface area contributed by atoms with E-state index in [4.69, 9.17) is 14.2 Å². The van der Waals surface area contributed by atoms with E-state index in [1.807, 2.05) is 0 Å². The third kappa shape index (κ3) is 7.69. The van der Waals surface area contributed by atoms with Crippen LogP contribution in [0.5, 0.6) is 0 Å². The Morgan fingerprint density at radius 3 is 2.16 bits per heavy atom. The molecule has 0 aliphatic rings. The van der Waals surface area contributed by atoms with Crippen LogP contribution < -0.4 is 5.32 Å². The predicted molar refractivity (Wildman–Crippen MR) is 90.8 cm³/mol. The second-order valence-electron chi connectivity index (χ2n) is 6.75. The molecule has 0 aliphatic heterocycles. The van der Waals surface area contributed by atoms with Crippen molar-refractivity contribution in [2.24, 2.45) is 5.92 Å². The summed E-state index contributed by atoms with van der Waals surface area (Å²) in [5.74, 6) is -1.54. The summed E-state index contributed by atoms with van der Waals surface area (Å²) in [7, 11) is 0. The zero-order valence-corrected chi connectivity index (χ0v) is 15.2. The number of nitrogens with one attached hydrogen (secondary N) is 1. The number of esters is 2. The van der Waals surface area contributed by atoms with Crippen molar-refractivity contribution in [3.05, 3.63) is 35.9 Å². The van der Waals surface area contributed by atoms with E-state index >= 15 is 0 Å². The fraction of sp³-hybridized carbons (Fsp3) is 0.500. The van der Waals surface area contributed by atoms with Crippen molar-refractivity contribution < 1.29 is 28.6 Å². The fourth-order valence-corrected chi connectivity index (χ4v) is 1.82.